The summed E-state index contributed by atoms with van der Waals surface area (Å²) in [6, 6.07) is 11.1. The number of hydrogen-bond donors (Lipinski definition) is 0. The fraction of sp³-hybridized carbons (Fsp3) is 0.476. The molecule has 0 aromatic heterocycles. The van der Waals surface area contributed by atoms with E-state index >= 15 is 0 Å². The maximum atomic E-state index is 12.8. The van der Waals surface area contributed by atoms with Gasteiger partial charge in [0.25, 0.3) is 5.91 Å². The summed E-state index contributed by atoms with van der Waals surface area (Å²) >= 11 is 0. The summed E-state index contributed by atoms with van der Waals surface area (Å²) in [6.45, 7) is 3.00. The van der Waals surface area contributed by atoms with Gasteiger partial charge in [-0.2, -0.15) is 0 Å². The maximum absolute atomic E-state index is 12.8. The fourth-order valence-corrected chi connectivity index (χ4v) is 3.75. The average Bonchev–Trinajstić information content (AvgIpc) is 2.82. The molecule has 0 aliphatic carbocycles. The Morgan fingerprint density at radius 3 is 2.79 bits per heavy atom. The summed E-state index contributed by atoms with van der Waals surface area (Å²) < 4.78 is 0. The standard InChI is InChI=1S/C21H28N2O/c1-3-4-14-23(20-15-18-11-12-19(16-20)22(18)2)21(24)13-10-17-8-6-5-7-9-17/h5-10,13,15,18-19H,3-4,11-12,14,16H2,1-2H3/t18-,19+/m1/s1. The summed E-state index contributed by atoms with van der Waals surface area (Å²) in [5.74, 6) is 0.113. The van der Waals surface area contributed by atoms with Gasteiger partial charge in [0, 0.05) is 36.8 Å². The van der Waals surface area contributed by atoms with Crippen LogP contribution in [0.2, 0.25) is 0 Å². The molecule has 1 aromatic rings. The van der Waals surface area contributed by atoms with Gasteiger partial charge >= 0.3 is 0 Å². The SMILES string of the molecule is CCCCN(C(=O)C=Cc1ccccc1)C1=C[C@H]2CC[C@@H](C1)N2C. The van der Waals surface area contributed by atoms with E-state index in [1.807, 2.05) is 41.3 Å². The first-order valence-electron chi connectivity index (χ1n) is 9.16. The molecule has 3 rings (SSSR count). The van der Waals surface area contributed by atoms with Crippen molar-refractivity contribution in [2.75, 3.05) is 13.6 Å². The molecule has 2 heterocycles. The average molecular weight is 324 g/mol. The van der Waals surface area contributed by atoms with Crippen molar-refractivity contribution in [3.05, 3.63) is 53.7 Å². The van der Waals surface area contributed by atoms with E-state index in [0.717, 1.165) is 31.4 Å². The summed E-state index contributed by atoms with van der Waals surface area (Å²) in [7, 11) is 2.21. The van der Waals surface area contributed by atoms with Crippen LogP contribution >= 0.6 is 0 Å². The number of likely N-dealkylation sites (N-methyl/N-ethyl adjacent to an activating group) is 1. The third-order valence-corrected chi connectivity index (χ3v) is 5.29. The van der Waals surface area contributed by atoms with E-state index in [0.29, 0.717) is 12.1 Å². The Labute approximate surface area is 145 Å². The first-order chi connectivity index (χ1) is 11.7. The molecular formula is C21H28N2O. The number of benzene rings is 1. The largest absolute Gasteiger partial charge is 0.313 e. The van der Waals surface area contributed by atoms with Crippen LogP contribution in [0, 0.1) is 0 Å². The Morgan fingerprint density at radius 2 is 2.08 bits per heavy atom. The van der Waals surface area contributed by atoms with E-state index in [1.54, 1.807) is 6.08 Å². The molecule has 0 unspecified atom stereocenters. The molecule has 3 nitrogen and oxygen atoms in total. The van der Waals surface area contributed by atoms with Crippen molar-refractivity contribution in [3.63, 3.8) is 0 Å². The van der Waals surface area contributed by atoms with Crippen LogP contribution in [0.5, 0.6) is 0 Å². The second kappa shape index (κ2) is 7.80. The Hall–Kier alpha value is -1.87. The number of nitrogens with zero attached hydrogens (tertiary/aromatic N) is 2. The number of fused-ring (bicyclic) bond motifs is 2. The molecule has 1 saturated heterocycles. The van der Waals surface area contributed by atoms with Gasteiger partial charge in [0.05, 0.1) is 0 Å². The van der Waals surface area contributed by atoms with Gasteiger partial charge in [-0.15, -0.1) is 0 Å². The highest BCUT2D eigenvalue weighted by atomic mass is 16.2. The lowest BCUT2D eigenvalue weighted by atomic mass is 10.1. The number of unbranched alkanes of at least 4 members (excludes halogenated alkanes) is 1. The Kier molecular flexibility index (Phi) is 5.52. The molecule has 2 aliphatic heterocycles. The molecule has 0 spiro atoms. The minimum atomic E-state index is 0.113. The molecular weight excluding hydrogens is 296 g/mol. The van der Waals surface area contributed by atoms with Crippen LogP contribution in [-0.4, -0.2) is 41.4 Å². The number of amides is 1. The smallest absolute Gasteiger partial charge is 0.250 e. The molecule has 2 atom stereocenters. The van der Waals surface area contributed by atoms with Crippen LogP contribution in [0.3, 0.4) is 0 Å². The molecule has 0 N–H and O–H groups in total. The number of hydrogen-bond acceptors (Lipinski definition) is 2. The zero-order valence-electron chi connectivity index (χ0n) is 14.8. The van der Waals surface area contributed by atoms with Gasteiger partial charge in [0.15, 0.2) is 0 Å². The van der Waals surface area contributed by atoms with Gasteiger partial charge in [-0.1, -0.05) is 43.7 Å². The van der Waals surface area contributed by atoms with E-state index < -0.39 is 0 Å². The van der Waals surface area contributed by atoms with E-state index in [9.17, 15) is 4.79 Å². The minimum absolute atomic E-state index is 0.113. The van der Waals surface area contributed by atoms with Crippen molar-refractivity contribution in [3.8, 4) is 0 Å². The number of carbonyl (C=O) groups excluding carboxylic acids is 1. The predicted octanol–water partition coefficient (Wildman–Crippen LogP) is 4.08. The Balaban J connectivity index is 1.75. The minimum Gasteiger partial charge on any atom is -0.313 e. The van der Waals surface area contributed by atoms with Crippen molar-refractivity contribution >= 4 is 12.0 Å². The van der Waals surface area contributed by atoms with Gasteiger partial charge in [0.2, 0.25) is 0 Å². The second-order valence-electron chi connectivity index (χ2n) is 6.91. The van der Waals surface area contributed by atoms with E-state index in [4.69, 9.17) is 0 Å². The first kappa shape index (κ1) is 17.0. The lowest BCUT2D eigenvalue weighted by Crippen LogP contribution is -2.40. The molecule has 24 heavy (non-hydrogen) atoms. The van der Waals surface area contributed by atoms with Gasteiger partial charge < -0.3 is 4.90 Å². The van der Waals surface area contributed by atoms with Crippen LogP contribution < -0.4 is 0 Å². The van der Waals surface area contributed by atoms with Gasteiger partial charge in [-0.05, 0) is 44.0 Å². The second-order valence-corrected chi connectivity index (χ2v) is 6.91. The molecule has 0 radical (unpaired) electrons. The quantitative estimate of drug-likeness (QED) is 0.736. The summed E-state index contributed by atoms with van der Waals surface area (Å²) in [5, 5.41) is 0. The molecule has 2 bridgehead atoms. The number of carbonyl (C=O) groups is 1. The van der Waals surface area contributed by atoms with Gasteiger partial charge in [-0.3, -0.25) is 9.69 Å². The topological polar surface area (TPSA) is 23.6 Å². The van der Waals surface area contributed by atoms with Crippen LogP contribution in [0.25, 0.3) is 6.08 Å². The van der Waals surface area contributed by atoms with E-state index in [2.05, 4.69) is 24.9 Å². The number of rotatable bonds is 6. The zero-order chi connectivity index (χ0) is 16.9. The van der Waals surface area contributed by atoms with Crippen molar-refractivity contribution in [2.45, 2.75) is 51.1 Å². The predicted molar refractivity (Wildman–Crippen MR) is 99.4 cm³/mol. The van der Waals surface area contributed by atoms with Crippen LogP contribution in [0.15, 0.2) is 48.2 Å². The third-order valence-electron chi connectivity index (χ3n) is 5.29. The molecule has 2 aliphatic rings. The van der Waals surface area contributed by atoms with Gasteiger partial charge in [-0.25, -0.2) is 0 Å². The first-order valence-corrected chi connectivity index (χ1v) is 9.16. The van der Waals surface area contributed by atoms with E-state index in [-0.39, 0.29) is 5.91 Å². The maximum Gasteiger partial charge on any atom is 0.250 e. The fourth-order valence-electron chi connectivity index (χ4n) is 3.75. The van der Waals surface area contributed by atoms with Crippen molar-refractivity contribution < 1.29 is 4.79 Å². The van der Waals surface area contributed by atoms with Crippen LogP contribution in [0.4, 0.5) is 0 Å². The molecule has 1 aromatic carbocycles. The Bertz CT molecular complexity index is 620. The van der Waals surface area contributed by atoms with Gasteiger partial charge in [0.1, 0.15) is 0 Å². The van der Waals surface area contributed by atoms with Crippen LogP contribution in [0.1, 0.15) is 44.6 Å². The molecule has 1 fully saturated rings. The van der Waals surface area contributed by atoms with Crippen molar-refractivity contribution in [2.24, 2.45) is 0 Å². The molecule has 128 valence electrons. The molecule has 0 saturated carbocycles. The highest BCUT2D eigenvalue weighted by Crippen LogP contribution is 2.34. The summed E-state index contributed by atoms with van der Waals surface area (Å²) in [5.41, 5.74) is 2.30. The Morgan fingerprint density at radius 1 is 1.29 bits per heavy atom. The zero-order valence-corrected chi connectivity index (χ0v) is 14.8. The lowest BCUT2D eigenvalue weighted by Gasteiger charge is -2.35. The normalized spacial score (nSPS) is 23.5. The summed E-state index contributed by atoms with van der Waals surface area (Å²) in [4.78, 5) is 17.3. The third kappa shape index (κ3) is 3.78. The lowest BCUT2D eigenvalue weighted by molar-refractivity contribution is -0.124. The highest BCUT2D eigenvalue weighted by molar-refractivity contribution is 5.93. The van der Waals surface area contributed by atoms with Crippen molar-refractivity contribution in [1.82, 2.24) is 9.80 Å². The molecule has 1 amide bonds. The summed E-state index contributed by atoms with van der Waals surface area (Å²) in [6.07, 6.45) is 11.6. The monoisotopic (exact) mass is 324 g/mol. The highest BCUT2D eigenvalue weighted by Gasteiger charge is 2.35. The van der Waals surface area contributed by atoms with E-state index in [1.165, 1.54) is 18.5 Å². The molecule has 3 heteroatoms. The van der Waals surface area contributed by atoms with Crippen molar-refractivity contribution in [1.29, 1.82) is 0 Å². The van der Waals surface area contributed by atoms with Crippen LogP contribution in [-0.2, 0) is 4.79 Å².